The molecule has 1 aromatic rings. The Kier molecular flexibility index (Phi) is 2.44. The molecule has 0 aliphatic heterocycles. The molecule has 90 valence electrons. The zero-order valence-electron chi connectivity index (χ0n) is 9.96. The van der Waals surface area contributed by atoms with Crippen LogP contribution in [0.3, 0.4) is 0 Å². The van der Waals surface area contributed by atoms with Crippen molar-refractivity contribution in [2.24, 2.45) is 5.73 Å². The van der Waals surface area contributed by atoms with Crippen LogP contribution in [0.15, 0.2) is 18.2 Å². The zero-order valence-corrected chi connectivity index (χ0v) is 9.96. The molecule has 3 nitrogen and oxygen atoms in total. The number of rotatable bonds is 2. The zero-order chi connectivity index (χ0) is 11.9. The molecule has 0 atom stereocenters. The van der Waals surface area contributed by atoms with Gasteiger partial charge in [0.25, 0.3) is 0 Å². The second-order valence-corrected chi connectivity index (χ2v) is 5.30. The maximum absolute atomic E-state index is 12.0. The molecule has 0 radical (unpaired) electrons. The number of hydrogen-bond acceptors (Lipinski definition) is 2. The second kappa shape index (κ2) is 3.84. The van der Waals surface area contributed by atoms with E-state index in [1.807, 2.05) is 6.07 Å². The fourth-order valence-electron chi connectivity index (χ4n) is 2.69. The topological polar surface area (TPSA) is 55.1 Å². The molecular weight excluding hydrogens is 212 g/mol. The van der Waals surface area contributed by atoms with Gasteiger partial charge in [-0.3, -0.25) is 4.79 Å². The lowest BCUT2D eigenvalue weighted by Gasteiger charge is -2.36. The van der Waals surface area contributed by atoms with E-state index in [0.717, 1.165) is 31.4 Å². The van der Waals surface area contributed by atoms with E-state index < -0.39 is 5.54 Å². The van der Waals surface area contributed by atoms with Crippen LogP contribution in [0.5, 0.6) is 0 Å². The summed E-state index contributed by atoms with van der Waals surface area (Å²) in [6.45, 7) is 0. The first-order valence-electron chi connectivity index (χ1n) is 6.40. The van der Waals surface area contributed by atoms with Gasteiger partial charge in [-0.15, -0.1) is 0 Å². The van der Waals surface area contributed by atoms with Gasteiger partial charge in [0.1, 0.15) is 0 Å². The molecule has 0 spiro atoms. The van der Waals surface area contributed by atoms with Crippen LogP contribution in [0.4, 0.5) is 5.69 Å². The van der Waals surface area contributed by atoms with Crippen LogP contribution in [0, 0.1) is 0 Å². The monoisotopic (exact) mass is 230 g/mol. The Hall–Kier alpha value is -1.35. The number of carbonyl (C=O) groups excluding carboxylic acids is 1. The first kappa shape index (κ1) is 10.8. The van der Waals surface area contributed by atoms with Crippen molar-refractivity contribution >= 4 is 11.6 Å². The minimum Gasteiger partial charge on any atom is -0.324 e. The number of carbonyl (C=O) groups is 1. The second-order valence-electron chi connectivity index (χ2n) is 5.30. The summed E-state index contributed by atoms with van der Waals surface area (Å²) in [6.07, 6.45) is 6.21. The van der Waals surface area contributed by atoms with Crippen LogP contribution in [0.2, 0.25) is 0 Å². The van der Waals surface area contributed by atoms with Crippen LogP contribution in [-0.4, -0.2) is 11.4 Å². The van der Waals surface area contributed by atoms with Gasteiger partial charge in [-0.05, 0) is 61.8 Å². The van der Waals surface area contributed by atoms with Gasteiger partial charge in [-0.2, -0.15) is 0 Å². The first-order chi connectivity index (χ1) is 8.17. The molecule has 0 unspecified atom stereocenters. The van der Waals surface area contributed by atoms with Crippen LogP contribution in [0.25, 0.3) is 0 Å². The molecule has 3 N–H and O–H groups in total. The molecule has 1 fully saturated rings. The fourth-order valence-corrected chi connectivity index (χ4v) is 2.69. The smallest absolute Gasteiger partial charge is 0.244 e. The van der Waals surface area contributed by atoms with Gasteiger partial charge < -0.3 is 11.1 Å². The largest absolute Gasteiger partial charge is 0.324 e. The Balaban J connectivity index is 1.75. The lowest BCUT2D eigenvalue weighted by Crippen LogP contribution is -2.56. The maximum Gasteiger partial charge on any atom is 0.244 e. The van der Waals surface area contributed by atoms with Gasteiger partial charge in [0, 0.05) is 5.69 Å². The molecule has 3 rings (SSSR count). The van der Waals surface area contributed by atoms with Crippen molar-refractivity contribution in [3.05, 3.63) is 29.3 Å². The molecule has 17 heavy (non-hydrogen) atoms. The Morgan fingerprint density at radius 1 is 1.18 bits per heavy atom. The van der Waals surface area contributed by atoms with Crippen molar-refractivity contribution in [2.75, 3.05) is 5.32 Å². The van der Waals surface area contributed by atoms with E-state index in [4.69, 9.17) is 5.73 Å². The number of amides is 1. The SMILES string of the molecule is NC1(C(=O)Nc2ccc3c(c2)CCC3)CCC1. The lowest BCUT2D eigenvalue weighted by molar-refractivity contribution is -0.123. The molecule has 0 aromatic heterocycles. The van der Waals surface area contributed by atoms with Gasteiger partial charge in [0.05, 0.1) is 5.54 Å². The van der Waals surface area contributed by atoms with Crippen molar-refractivity contribution in [2.45, 2.75) is 44.1 Å². The third-order valence-corrected chi connectivity index (χ3v) is 4.05. The highest BCUT2D eigenvalue weighted by Gasteiger charge is 2.40. The summed E-state index contributed by atoms with van der Waals surface area (Å²) in [5.41, 5.74) is 9.08. The Bertz CT molecular complexity index is 463. The third-order valence-electron chi connectivity index (χ3n) is 4.05. The average Bonchev–Trinajstić information content (AvgIpc) is 2.73. The Labute approximate surface area is 101 Å². The standard InChI is InChI=1S/C14H18N2O/c15-14(7-2-8-14)13(17)16-12-6-5-10-3-1-4-11(10)9-12/h5-6,9H,1-4,7-8,15H2,(H,16,17). The number of fused-ring (bicyclic) bond motifs is 1. The van der Waals surface area contributed by atoms with Crippen molar-refractivity contribution < 1.29 is 4.79 Å². The molecule has 2 aliphatic rings. The van der Waals surface area contributed by atoms with Gasteiger partial charge >= 0.3 is 0 Å². The van der Waals surface area contributed by atoms with Crippen LogP contribution < -0.4 is 11.1 Å². The van der Waals surface area contributed by atoms with Gasteiger partial charge in [0.2, 0.25) is 5.91 Å². The Morgan fingerprint density at radius 3 is 2.65 bits per heavy atom. The quantitative estimate of drug-likeness (QED) is 0.816. The number of benzene rings is 1. The Morgan fingerprint density at radius 2 is 1.94 bits per heavy atom. The van der Waals surface area contributed by atoms with E-state index in [9.17, 15) is 4.79 Å². The molecule has 0 heterocycles. The minimum absolute atomic E-state index is 0.0262. The number of aryl methyl sites for hydroxylation is 2. The highest BCUT2D eigenvalue weighted by molar-refractivity contribution is 5.98. The van der Waals surface area contributed by atoms with Crippen molar-refractivity contribution in [3.63, 3.8) is 0 Å². The minimum atomic E-state index is -0.612. The van der Waals surface area contributed by atoms with E-state index in [2.05, 4.69) is 17.4 Å². The van der Waals surface area contributed by atoms with Crippen LogP contribution in [-0.2, 0) is 17.6 Å². The predicted molar refractivity (Wildman–Crippen MR) is 67.9 cm³/mol. The maximum atomic E-state index is 12.0. The van der Waals surface area contributed by atoms with Crippen LogP contribution in [0.1, 0.15) is 36.8 Å². The highest BCUT2D eigenvalue weighted by Crippen LogP contribution is 2.31. The molecule has 0 bridgehead atoms. The van der Waals surface area contributed by atoms with Crippen molar-refractivity contribution in [3.8, 4) is 0 Å². The third kappa shape index (κ3) is 1.84. The number of hydrogen-bond donors (Lipinski definition) is 2. The van der Waals surface area contributed by atoms with Crippen LogP contribution >= 0.6 is 0 Å². The predicted octanol–water partition coefficient (Wildman–Crippen LogP) is 2.00. The summed E-state index contributed by atoms with van der Waals surface area (Å²) in [7, 11) is 0. The van der Waals surface area contributed by atoms with Gasteiger partial charge in [-0.25, -0.2) is 0 Å². The van der Waals surface area contributed by atoms with Crippen molar-refractivity contribution in [1.82, 2.24) is 0 Å². The summed E-state index contributed by atoms with van der Waals surface area (Å²) < 4.78 is 0. The summed E-state index contributed by atoms with van der Waals surface area (Å²) >= 11 is 0. The van der Waals surface area contributed by atoms with Gasteiger partial charge in [-0.1, -0.05) is 6.07 Å². The summed E-state index contributed by atoms with van der Waals surface area (Å²) in [5, 5.41) is 2.95. The molecule has 0 saturated heterocycles. The molecule has 1 saturated carbocycles. The fraction of sp³-hybridized carbons (Fsp3) is 0.500. The molecule has 1 aromatic carbocycles. The van der Waals surface area contributed by atoms with E-state index >= 15 is 0 Å². The van der Waals surface area contributed by atoms with E-state index in [-0.39, 0.29) is 5.91 Å². The van der Waals surface area contributed by atoms with E-state index in [1.165, 1.54) is 24.0 Å². The summed E-state index contributed by atoms with van der Waals surface area (Å²) in [5.74, 6) is -0.0262. The molecule has 2 aliphatic carbocycles. The van der Waals surface area contributed by atoms with E-state index in [1.54, 1.807) is 0 Å². The highest BCUT2D eigenvalue weighted by atomic mass is 16.2. The molecule has 3 heteroatoms. The molecule has 1 amide bonds. The number of nitrogens with one attached hydrogen (secondary N) is 1. The summed E-state index contributed by atoms with van der Waals surface area (Å²) in [4.78, 5) is 12.0. The van der Waals surface area contributed by atoms with Crippen molar-refractivity contribution in [1.29, 1.82) is 0 Å². The summed E-state index contributed by atoms with van der Waals surface area (Å²) in [6, 6.07) is 6.22. The number of anilines is 1. The normalized spacial score (nSPS) is 20.5. The lowest BCUT2D eigenvalue weighted by atomic mass is 9.77. The number of nitrogens with two attached hydrogens (primary N) is 1. The van der Waals surface area contributed by atoms with Gasteiger partial charge in [0.15, 0.2) is 0 Å². The first-order valence-corrected chi connectivity index (χ1v) is 6.40. The molecular formula is C14H18N2O. The average molecular weight is 230 g/mol. The van der Waals surface area contributed by atoms with E-state index in [0.29, 0.717) is 0 Å².